The Morgan fingerprint density at radius 3 is 2.31 bits per heavy atom. The van der Waals surface area contributed by atoms with Gasteiger partial charge in [-0.25, -0.2) is 4.39 Å². The molecule has 1 aliphatic rings. The molecule has 1 aliphatic heterocycles. The molecule has 0 spiro atoms. The first-order chi connectivity index (χ1) is 12.7. The summed E-state index contributed by atoms with van der Waals surface area (Å²) in [6.45, 7) is 5.72. The van der Waals surface area contributed by atoms with Gasteiger partial charge in [-0.15, -0.1) is 0 Å². The highest BCUT2D eigenvalue weighted by atomic mass is 19.1. The molecule has 136 valence electrons. The van der Waals surface area contributed by atoms with Crippen molar-refractivity contribution in [2.75, 3.05) is 33.3 Å². The average Bonchev–Trinajstić information content (AvgIpc) is 3.11. The number of hydrogen-bond acceptors (Lipinski definition) is 4. The molecule has 3 aromatic rings. The molecular formula is C20H23FN4O. The first-order valence-electron chi connectivity index (χ1n) is 8.90. The summed E-state index contributed by atoms with van der Waals surface area (Å²) in [6.07, 6.45) is 1.85. The Balaban J connectivity index is 1.31. The fourth-order valence-electron chi connectivity index (χ4n) is 3.51. The van der Waals surface area contributed by atoms with E-state index in [0.29, 0.717) is 5.75 Å². The largest absolute Gasteiger partial charge is 0.494 e. The molecule has 0 bridgehead atoms. The predicted octanol–water partition coefficient (Wildman–Crippen LogP) is 3.03. The van der Waals surface area contributed by atoms with Crippen molar-refractivity contribution < 1.29 is 9.13 Å². The van der Waals surface area contributed by atoms with Crippen molar-refractivity contribution in [2.24, 2.45) is 0 Å². The molecule has 0 saturated carbocycles. The Kier molecular flexibility index (Phi) is 4.86. The van der Waals surface area contributed by atoms with E-state index in [4.69, 9.17) is 4.74 Å². The number of halogens is 1. The van der Waals surface area contributed by atoms with Crippen LogP contribution in [0.4, 0.5) is 4.39 Å². The number of nitrogens with one attached hydrogen (secondary N) is 1. The van der Waals surface area contributed by atoms with E-state index >= 15 is 0 Å². The summed E-state index contributed by atoms with van der Waals surface area (Å²) in [4.78, 5) is 4.83. The van der Waals surface area contributed by atoms with Crippen LogP contribution in [0.5, 0.6) is 5.75 Å². The van der Waals surface area contributed by atoms with Gasteiger partial charge in [-0.1, -0.05) is 18.2 Å². The van der Waals surface area contributed by atoms with Gasteiger partial charge in [0, 0.05) is 44.7 Å². The second kappa shape index (κ2) is 7.43. The molecule has 5 nitrogen and oxygen atoms in total. The van der Waals surface area contributed by atoms with E-state index in [1.807, 2.05) is 12.3 Å². The summed E-state index contributed by atoms with van der Waals surface area (Å²) in [6, 6.07) is 11.7. The summed E-state index contributed by atoms with van der Waals surface area (Å²) in [5.74, 6) is 0.00522. The number of ether oxygens (including phenoxy) is 1. The second-order valence-electron chi connectivity index (χ2n) is 6.81. The van der Waals surface area contributed by atoms with Crippen molar-refractivity contribution in [3.05, 3.63) is 59.5 Å². The molecule has 0 radical (unpaired) electrons. The van der Waals surface area contributed by atoms with Crippen LogP contribution >= 0.6 is 0 Å². The van der Waals surface area contributed by atoms with Gasteiger partial charge in [0.05, 0.1) is 18.8 Å². The molecule has 0 atom stereocenters. The fourth-order valence-corrected chi connectivity index (χ4v) is 3.51. The van der Waals surface area contributed by atoms with Crippen molar-refractivity contribution in [3.63, 3.8) is 0 Å². The molecule has 2 heterocycles. The lowest BCUT2D eigenvalue weighted by atomic mass is 10.1. The van der Waals surface area contributed by atoms with Crippen LogP contribution in [-0.4, -0.2) is 53.3 Å². The topological polar surface area (TPSA) is 44.4 Å². The van der Waals surface area contributed by atoms with Gasteiger partial charge in [0.2, 0.25) is 0 Å². The van der Waals surface area contributed by atoms with Crippen LogP contribution in [0.2, 0.25) is 0 Å². The summed E-state index contributed by atoms with van der Waals surface area (Å²) in [5.41, 5.74) is 3.37. The van der Waals surface area contributed by atoms with Crippen LogP contribution < -0.4 is 4.74 Å². The van der Waals surface area contributed by atoms with Gasteiger partial charge in [0.25, 0.3) is 0 Å². The number of fused-ring (bicyclic) bond motifs is 1. The third-order valence-corrected chi connectivity index (χ3v) is 5.00. The van der Waals surface area contributed by atoms with E-state index in [1.165, 1.54) is 12.7 Å². The van der Waals surface area contributed by atoms with Crippen LogP contribution in [0.15, 0.2) is 42.6 Å². The number of benzene rings is 2. The summed E-state index contributed by atoms with van der Waals surface area (Å²) >= 11 is 0. The lowest BCUT2D eigenvalue weighted by Crippen LogP contribution is -2.45. The number of aromatic amines is 1. The van der Waals surface area contributed by atoms with Gasteiger partial charge in [-0.05, 0) is 29.3 Å². The van der Waals surface area contributed by atoms with Gasteiger partial charge in [-0.2, -0.15) is 5.10 Å². The van der Waals surface area contributed by atoms with Crippen LogP contribution in [-0.2, 0) is 13.1 Å². The van der Waals surface area contributed by atoms with Crippen molar-refractivity contribution in [3.8, 4) is 5.75 Å². The Morgan fingerprint density at radius 1 is 1.00 bits per heavy atom. The zero-order chi connectivity index (χ0) is 17.9. The van der Waals surface area contributed by atoms with Gasteiger partial charge in [-0.3, -0.25) is 14.9 Å². The summed E-state index contributed by atoms with van der Waals surface area (Å²) < 4.78 is 18.8. The molecule has 0 aliphatic carbocycles. The Labute approximate surface area is 152 Å². The van der Waals surface area contributed by atoms with E-state index in [2.05, 4.69) is 38.2 Å². The maximum atomic E-state index is 13.8. The second-order valence-corrected chi connectivity index (χ2v) is 6.81. The van der Waals surface area contributed by atoms with Crippen LogP contribution in [0.25, 0.3) is 10.9 Å². The van der Waals surface area contributed by atoms with Crippen molar-refractivity contribution in [1.29, 1.82) is 0 Å². The number of aromatic nitrogens is 2. The molecule has 1 fully saturated rings. The molecule has 26 heavy (non-hydrogen) atoms. The predicted molar refractivity (Wildman–Crippen MR) is 99.6 cm³/mol. The Bertz CT molecular complexity index is 886. The van der Waals surface area contributed by atoms with Gasteiger partial charge < -0.3 is 4.74 Å². The first-order valence-corrected chi connectivity index (χ1v) is 8.90. The van der Waals surface area contributed by atoms with Gasteiger partial charge in [0.1, 0.15) is 0 Å². The summed E-state index contributed by atoms with van der Waals surface area (Å²) in [7, 11) is 1.49. The molecule has 2 aromatic carbocycles. The highest BCUT2D eigenvalue weighted by molar-refractivity contribution is 5.78. The molecule has 4 rings (SSSR count). The van der Waals surface area contributed by atoms with Crippen molar-refractivity contribution in [2.45, 2.75) is 13.1 Å². The molecule has 1 saturated heterocycles. The molecule has 0 unspecified atom stereocenters. The average molecular weight is 354 g/mol. The van der Waals surface area contributed by atoms with Crippen LogP contribution in [0, 0.1) is 5.82 Å². The summed E-state index contributed by atoms with van der Waals surface area (Å²) in [5, 5.41) is 8.25. The quantitative estimate of drug-likeness (QED) is 0.765. The number of rotatable bonds is 5. The van der Waals surface area contributed by atoms with Crippen LogP contribution in [0.1, 0.15) is 11.1 Å². The lowest BCUT2D eigenvalue weighted by molar-refractivity contribution is 0.122. The lowest BCUT2D eigenvalue weighted by Gasteiger charge is -2.34. The zero-order valence-electron chi connectivity index (χ0n) is 14.9. The Morgan fingerprint density at radius 2 is 1.65 bits per heavy atom. The molecule has 1 aromatic heterocycles. The monoisotopic (exact) mass is 354 g/mol. The first kappa shape index (κ1) is 17.0. The van der Waals surface area contributed by atoms with Crippen LogP contribution in [0.3, 0.4) is 0 Å². The Hall–Kier alpha value is -2.44. The number of methoxy groups -OCH3 is 1. The molecule has 1 N–H and O–H groups in total. The highest BCUT2D eigenvalue weighted by Crippen LogP contribution is 2.20. The van der Waals surface area contributed by atoms with E-state index < -0.39 is 0 Å². The number of hydrogen-bond donors (Lipinski definition) is 1. The third kappa shape index (κ3) is 3.71. The van der Waals surface area contributed by atoms with E-state index in [-0.39, 0.29) is 5.82 Å². The maximum absolute atomic E-state index is 13.8. The van der Waals surface area contributed by atoms with Gasteiger partial charge in [0.15, 0.2) is 11.6 Å². The highest BCUT2D eigenvalue weighted by Gasteiger charge is 2.18. The third-order valence-electron chi connectivity index (χ3n) is 5.00. The smallest absolute Gasteiger partial charge is 0.165 e. The van der Waals surface area contributed by atoms with Crippen molar-refractivity contribution in [1.82, 2.24) is 20.0 Å². The van der Waals surface area contributed by atoms with E-state index in [1.54, 1.807) is 12.1 Å². The fraction of sp³-hybridized carbons (Fsp3) is 0.350. The van der Waals surface area contributed by atoms with Gasteiger partial charge >= 0.3 is 0 Å². The minimum absolute atomic E-state index is 0.294. The number of piperazine rings is 1. The normalized spacial score (nSPS) is 16.2. The number of nitrogens with zero attached hydrogens (tertiary/aromatic N) is 3. The molecular weight excluding hydrogens is 331 g/mol. The van der Waals surface area contributed by atoms with Crippen molar-refractivity contribution >= 4 is 10.9 Å². The zero-order valence-corrected chi connectivity index (χ0v) is 14.9. The number of H-pyrrole nitrogens is 1. The molecule has 6 heteroatoms. The van der Waals surface area contributed by atoms with E-state index in [0.717, 1.165) is 55.7 Å². The SMILES string of the molecule is COc1ccc(CN2CCN(Cc3ccc4cn[nH]c4c3)CC2)cc1F. The van der Waals surface area contributed by atoms with E-state index in [9.17, 15) is 4.39 Å². The standard InChI is InChI=1S/C20H23FN4O/c1-26-20-5-3-15(10-18(20)21)13-24-6-8-25(9-7-24)14-16-2-4-17-12-22-23-19(17)11-16/h2-5,10-12H,6-9,13-14H2,1H3,(H,22,23). The maximum Gasteiger partial charge on any atom is 0.165 e. The molecule has 0 amide bonds. The minimum atomic E-state index is -0.294. The minimum Gasteiger partial charge on any atom is -0.494 e.